The van der Waals surface area contributed by atoms with E-state index in [2.05, 4.69) is 0 Å². The summed E-state index contributed by atoms with van der Waals surface area (Å²) in [6.07, 6.45) is 0. The van der Waals surface area contributed by atoms with Crippen molar-refractivity contribution in [3.8, 4) is 28.4 Å². The van der Waals surface area contributed by atoms with E-state index < -0.39 is 0 Å². The minimum Gasteiger partial charge on any atom is -0.454 e. The lowest BCUT2D eigenvalue weighted by Crippen LogP contribution is -2.48. The number of thioether (sulfide) groups is 1. The van der Waals surface area contributed by atoms with Gasteiger partial charge in [0, 0.05) is 24.2 Å². The lowest BCUT2D eigenvalue weighted by Gasteiger charge is -2.30. The molecule has 11 heteroatoms. The third-order valence-corrected chi connectivity index (χ3v) is 8.82. The van der Waals surface area contributed by atoms with E-state index in [9.17, 15) is 14.0 Å². The first-order valence-corrected chi connectivity index (χ1v) is 14.7. The largest absolute Gasteiger partial charge is 0.454 e. The number of fused-ring (bicyclic) bond motifs is 2. The molecule has 3 aliphatic rings. The van der Waals surface area contributed by atoms with Crippen LogP contribution in [0.5, 0.6) is 11.5 Å². The Bertz CT molecular complexity index is 1640. The van der Waals surface area contributed by atoms with Crippen LogP contribution in [0.2, 0.25) is 0 Å². The number of carbonyl (C=O) groups excluding carboxylic acids is 2. The predicted molar refractivity (Wildman–Crippen MR) is 156 cm³/mol. The standard InChI is InChI=1S/C31H27FN4O5S/c32-22-7-9-23(10-8-22)36-31-28(29(33-36)20-4-2-1-3-5-20)30(21-6-11-24-25(16-21)41-19-40-24)42-18-27(38)35(31)17-26(37)34-12-14-39-15-13-34/h1-11,16,30H,12-15,17-19H2. The van der Waals surface area contributed by atoms with Crippen molar-refractivity contribution < 1.29 is 28.2 Å². The number of rotatable bonds is 5. The summed E-state index contributed by atoms with van der Waals surface area (Å²) in [7, 11) is 0. The molecule has 0 aliphatic carbocycles. The fraction of sp³-hybridized carbons (Fsp3) is 0.258. The second-order valence-electron chi connectivity index (χ2n) is 10.1. The number of benzene rings is 3. The van der Waals surface area contributed by atoms with Crippen LogP contribution in [0.1, 0.15) is 16.4 Å². The number of aromatic nitrogens is 2. The second kappa shape index (κ2) is 11.1. The van der Waals surface area contributed by atoms with Crippen LogP contribution >= 0.6 is 11.8 Å². The van der Waals surface area contributed by atoms with Crippen molar-refractivity contribution in [3.05, 3.63) is 89.7 Å². The van der Waals surface area contributed by atoms with E-state index in [1.54, 1.807) is 21.7 Å². The molecule has 4 aromatic rings. The minimum atomic E-state index is -0.385. The molecule has 0 N–H and O–H groups in total. The van der Waals surface area contributed by atoms with Crippen molar-refractivity contribution in [1.29, 1.82) is 0 Å². The number of morpholine rings is 1. The monoisotopic (exact) mass is 586 g/mol. The van der Waals surface area contributed by atoms with Crippen LogP contribution in [-0.2, 0) is 14.3 Å². The highest BCUT2D eigenvalue weighted by Gasteiger charge is 2.38. The molecular weight excluding hydrogens is 559 g/mol. The van der Waals surface area contributed by atoms with E-state index in [1.165, 1.54) is 28.8 Å². The molecule has 9 nitrogen and oxygen atoms in total. The van der Waals surface area contributed by atoms with E-state index in [-0.39, 0.29) is 42.0 Å². The highest BCUT2D eigenvalue weighted by molar-refractivity contribution is 8.00. The predicted octanol–water partition coefficient (Wildman–Crippen LogP) is 4.44. The molecule has 0 spiro atoms. The fourth-order valence-electron chi connectivity index (χ4n) is 5.48. The van der Waals surface area contributed by atoms with E-state index in [1.807, 2.05) is 48.5 Å². The van der Waals surface area contributed by atoms with Gasteiger partial charge in [0.2, 0.25) is 18.6 Å². The molecule has 1 atom stereocenters. The van der Waals surface area contributed by atoms with Crippen molar-refractivity contribution in [2.24, 2.45) is 0 Å². The quantitative estimate of drug-likeness (QED) is 0.342. The average Bonchev–Trinajstić information content (AvgIpc) is 3.63. The number of halogens is 1. The maximum Gasteiger partial charge on any atom is 0.242 e. The van der Waals surface area contributed by atoms with E-state index >= 15 is 0 Å². The van der Waals surface area contributed by atoms with Gasteiger partial charge in [-0.3, -0.25) is 14.5 Å². The molecule has 42 heavy (non-hydrogen) atoms. The summed E-state index contributed by atoms with van der Waals surface area (Å²) in [4.78, 5) is 30.7. The first-order chi connectivity index (χ1) is 20.6. The zero-order chi connectivity index (χ0) is 28.6. The number of hydrogen-bond acceptors (Lipinski definition) is 7. The lowest BCUT2D eigenvalue weighted by molar-refractivity contribution is -0.134. The van der Waals surface area contributed by atoms with Gasteiger partial charge in [-0.25, -0.2) is 9.07 Å². The topological polar surface area (TPSA) is 86.1 Å². The summed E-state index contributed by atoms with van der Waals surface area (Å²) in [5, 5.41) is 4.72. The molecule has 3 aromatic carbocycles. The Morgan fingerprint density at radius 3 is 2.52 bits per heavy atom. The smallest absolute Gasteiger partial charge is 0.242 e. The fourth-order valence-corrected chi connectivity index (χ4v) is 6.67. The first-order valence-electron chi connectivity index (χ1n) is 13.7. The molecule has 0 radical (unpaired) electrons. The summed E-state index contributed by atoms with van der Waals surface area (Å²) >= 11 is 1.47. The van der Waals surface area contributed by atoms with Crippen molar-refractivity contribution in [1.82, 2.24) is 14.7 Å². The highest BCUT2D eigenvalue weighted by atomic mass is 32.2. The van der Waals surface area contributed by atoms with Crippen LogP contribution < -0.4 is 14.4 Å². The van der Waals surface area contributed by atoms with Gasteiger partial charge in [-0.2, -0.15) is 5.10 Å². The van der Waals surface area contributed by atoms with Crippen LogP contribution in [0.3, 0.4) is 0 Å². The lowest BCUT2D eigenvalue weighted by atomic mass is 9.99. The number of anilines is 1. The SMILES string of the molecule is O=C(CN1C(=O)CSC(c2ccc3c(c2)OCO3)c2c(-c3ccccc3)nn(-c3ccc(F)cc3)c21)N1CCOCC1. The second-order valence-corrected chi connectivity index (χ2v) is 11.2. The van der Waals surface area contributed by atoms with Gasteiger partial charge in [-0.1, -0.05) is 36.4 Å². The van der Waals surface area contributed by atoms with Crippen molar-refractivity contribution in [2.75, 3.05) is 50.3 Å². The maximum absolute atomic E-state index is 14.0. The molecule has 2 amide bonds. The van der Waals surface area contributed by atoms with Gasteiger partial charge in [-0.05, 0) is 42.0 Å². The number of amides is 2. The van der Waals surface area contributed by atoms with Gasteiger partial charge in [0.05, 0.1) is 35.6 Å². The summed E-state index contributed by atoms with van der Waals surface area (Å²) < 4.78 is 32.3. The maximum atomic E-state index is 14.0. The van der Waals surface area contributed by atoms with Crippen LogP contribution in [0.15, 0.2) is 72.8 Å². The molecule has 1 aromatic heterocycles. The van der Waals surface area contributed by atoms with Gasteiger partial charge < -0.3 is 19.1 Å². The molecule has 7 rings (SSSR count). The minimum absolute atomic E-state index is 0.141. The van der Waals surface area contributed by atoms with Gasteiger partial charge >= 0.3 is 0 Å². The normalized spacial score (nSPS) is 18.1. The van der Waals surface area contributed by atoms with E-state index in [4.69, 9.17) is 19.3 Å². The summed E-state index contributed by atoms with van der Waals surface area (Å²) in [6.45, 7) is 1.84. The Morgan fingerprint density at radius 1 is 0.976 bits per heavy atom. The molecule has 3 aliphatic heterocycles. The first kappa shape index (κ1) is 26.5. The highest BCUT2D eigenvalue weighted by Crippen LogP contribution is 2.50. The molecule has 0 saturated carbocycles. The van der Waals surface area contributed by atoms with Gasteiger partial charge in [0.1, 0.15) is 18.2 Å². The van der Waals surface area contributed by atoms with Crippen molar-refractivity contribution >= 4 is 29.4 Å². The van der Waals surface area contributed by atoms with Gasteiger partial charge in [-0.15, -0.1) is 11.8 Å². The molecule has 4 heterocycles. The number of carbonyl (C=O) groups is 2. The van der Waals surface area contributed by atoms with Crippen molar-refractivity contribution in [3.63, 3.8) is 0 Å². The molecule has 214 valence electrons. The van der Waals surface area contributed by atoms with Gasteiger partial charge in [0.25, 0.3) is 0 Å². The third kappa shape index (κ3) is 4.88. The molecular formula is C31H27FN4O5S. The number of nitrogens with zero attached hydrogens (tertiary/aromatic N) is 4. The summed E-state index contributed by atoms with van der Waals surface area (Å²) in [5.41, 5.74) is 3.80. The molecule has 1 fully saturated rings. The van der Waals surface area contributed by atoms with Crippen LogP contribution in [-0.4, -0.2) is 71.9 Å². The summed E-state index contributed by atoms with van der Waals surface area (Å²) in [5.74, 6) is 1.16. The van der Waals surface area contributed by atoms with E-state index in [0.29, 0.717) is 55.0 Å². The Labute approximate surface area is 245 Å². The van der Waals surface area contributed by atoms with Crippen LogP contribution in [0.4, 0.5) is 10.2 Å². The summed E-state index contributed by atoms with van der Waals surface area (Å²) in [6, 6.07) is 21.5. The zero-order valence-electron chi connectivity index (χ0n) is 22.6. The number of ether oxygens (including phenoxy) is 3. The molecule has 1 unspecified atom stereocenters. The Morgan fingerprint density at radius 2 is 1.74 bits per heavy atom. The zero-order valence-corrected chi connectivity index (χ0v) is 23.4. The van der Waals surface area contributed by atoms with Crippen LogP contribution in [0.25, 0.3) is 16.9 Å². The van der Waals surface area contributed by atoms with Crippen molar-refractivity contribution in [2.45, 2.75) is 5.25 Å². The third-order valence-electron chi connectivity index (χ3n) is 7.56. The molecule has 0 bridgehead atoms. The Hall–Kier alpha value is -4.35. The van der Waals surface area contributed by atoms with E-state index in [0.717, 1.165) is 16.7 Å². The molecule has 1 saturated heterocycles. The van der Waals surface area contributed by atoms with Gasteiger partial charge in [0.15, 0.2) is 11.5 Å². The Kier molecular flexibility index (Phi) is 7.04. The average molecular weight is 587 g/mol. The number of hydrogen-bond donors (Lipinski definition) is 0. The van der Waals surface area contributed by atoms with Crippen LogP contribution in [0, 0.1) is 5.82 Å². The Balaban J connectivity index is 1.44.